The maximum atomic E-state index is 11.7. The highest BCUT2D eigenvalue weighted by Gasteiger charge is 2.37. The summed E-state index contributed by atoms with van der Waals surface area (Å²) in [6.45, 7) is 4.42. The van der Waals surface area contributed by atoms with Crippen LogP contribution in [0, 0.1) is 5.92 Å². The molecule has 3 fully saturated rings. The van der Waals surface area contributed by atoms with Crippen molar-refractivity contribution in [3.8, 4) is 11.3 Å². The predicted molar refractivity (Wildman–Crippen MR) is 126 cm³/mol. The monoisotopic (exact) mass is 446 g/mol. The Morgan fingerprint density at radius 1 is 1.03 bits per heavy atom. The zero-order valence-corrected chi connectivity index (χ0v) is 19.1. The van der Waals surface area contributed by atoms with E-state index in [9.17, 15) is 4.79 Å². The molecular weight excluding hydrogens is 416 g/mol. The Morgan fingerprint density at radius 3 is 2.58 bits per heavy atom. The van der Waals surface area contributed by atoms with Crippen LogP contribution < -0.4 is 4.90 Å². The third kappa shape index (κ3) is 3.86. The zero-order chi connectivity index (χ0) is 22.4. The highest BCUT2D eigenvalue weighted by atomic mass is 16.5. The van der Waals surface area contributed by atoms with E-state index >= 15 is 0 Å². The van der Waals surface area contributed by atoms with Crippen LogP contribution in [0.15, 0.2) is 36.8 Å². The second-order valence-corrected chi connectivity index (χ2v) is 9.59. The summed E-state index contributed by atoms with van der Waals surface area (Å²) in [4.78, 5) is 26.3. The molecule has 3 aromatic rings. The van der Waals surface area contributed by atoms with Crippen molar-refractivity contribution in [2.45, 2.75) is 44.2 Å². The van der Waals surface area contributed by atoms with Crippen molar-refractivity contribution < 1.29 is 9.53 Å². The average molecular weight is 447 g/mol. The van der Waals surface area contributed by atoms with Crippen LogP contribution in [0.3, 0.4) is 0 Å². The van der Waals surface area contributed by atoms with E-state index in [0.29, 0.717) is 0 Å². The fourth-order valence-corrected chi connectivity index (χ4v) is 5.27. The number of methoxy groups -OCH3 is 1. The highest BCUT2D eigenvalue weighted by Crippen LogP contribution is 2.38. The second-order valence-electron chi connectivity index (χ2n) is 9.59. The summed E-state index contributed by atoms with van der Waals surface area (Å²) >= 11 is 0. The molecule has 2 saturated carbocycles. The molecule has 3 heterocycles. The molecule has 0 atom stereocenters. The molecule has 2 aromatic heterocycles. The number of rotatable bonds is 5. The van der Waals surface area contributed by atoms with E-state index in [1.165, 1.54) is 32.1 Å². The van der Waals surface area contributed by atoms with Crippen LogP contribution in [0.2, 0.25) is 0 Å². The number of hydrogen-bond donors (Lipinski definition) is 0. The van der Waals surface area contributed by atoms with Crippen LogP contribution >= 0.6 is 0 Å². The smallest absolute Gasteiger partial charge is 0.308 e. The Balaban J connectivity index is 1.16. The van der Waals surface area contributed by atoms with Gasteiger partial charge in [0.15, 0.2) is 0 Å². The fourth-order valence-electron chi connectivity index (χ4n) is 5.27. The Morgan fingerprint density at radius 2 is 1.85 bits per heavy atom. The first-order valence-electron chi connectivity index (χ1n) is 12.1. The van der Waals surface area contributed by atoms with Crippen molar-refractivity contribution in [1.82, 2.24) is 24.6 Å². The summed E-state index contributed by atoms with van der Waals surface area (Å²) in [7, 11) is 1.45. The SMILES string of the molecule is COC(=O)C1CC(n2cc(-c3cnc4ccc(N5CCN(C6CCC6)CC5)cc4n3)cn2)C1. The van der Waals surface area contributed by atoms with E-state index in [2.05, 4.69) is 38.1 Å². The Kier molecular flexibility index (Phi) is 5.25. The molecule has 0 unspecified atom stereocenters. The maximum Gasteiger partial charge on any atom is 0.308 e. The number of carbonyl (C=O) groups excluding carboxylic acids is 1. The third-order valence-electron chi connectivity index (χ3n) is 7.72. The lowest BCUT2D eigenvalue weighted by atomic mass is 9.80. The van der Waals surface area contributed by atoms with Crippen LogP contribution in [0.4, 0.5) is 5.69 Å². The molecule has 0 radical (unpaired) electrons. The molecule has 1 aromatic carbocycles. The molecule has 0 amide bonds. The van der Waals surface area contributed by atoms with Crippen molar-refractivity contribution in [1.29, 1.82) is 0 Å². The number of aromatic nitrogens is 4. The quantitative estimate of drug-likeness (QED) is 0.557. The number of esters is 1. The van der Waals surface area contributed by atoms with Crippen molar-refractivity contribution in [3.63, 3.8) is 0 Å². The molecular formula is C25H30N6O2. The topological polar surface area (TPSA) is 76.4 Å². The summed E-state index contributed by atoms with van der Waals surface area (Å²) in [5.41, 5.74) is 4.81. The van der Waals surface area contributed by atoms with Crippen LogP contribution in [0.5, 0.6) is 0 Å². The van der Waals surface area contributed by atoms with E-state index in [1.807, 2.05) is 23.3 Å². The van der Waals surface area contributed by atoms with Gasteiger partial charge in [0.25, 0.3) is 0 Å². The second kappa shape index (κ2) is 8.41. The third-order valence-corrected chi connectivity index (χ3v) is 7.72. The van der Waals surface area contributed by atoms with Gasteiger partial charge in [-0.3, -0.25) is 19.4 Å². The summed E-state index contributed by atoms with van der Waals surface area (Å²) in [6, 6.07) is 7.47. The number of piperazine rings is 1. The minimum Gasteiger partial charge on any atom is -0.469 e. The minimum absolute atomic E-state index is 0.0119. The lowest BCUT2D eigenvalue weighted by molar-refractivity contribution is -0.149. The summed E-state index contributed by atoms with van der Waals surface area (Å²) < 4.78 is 6.78. The molecule has 0 spiro atoms. The average Bonchev–Trinajstić information content (AvgIpc) is 3.26. The number of carbonyl (C=O) groups is 1. The van der Waals surface area contributed by atoms with Gasteiger partial charge in [-0.05, 0) is 43.9 Å². The number of anilines is 1. The fraction of sp³-hybridized carbons (Fsp3) is 0.520. The first-order chi connectivity index (χ1) is 16.2. The lowest BCUT2D eigenvalue weighted by Gasteiger charge is -2.43. The highest BCUT2D eigenvalue weighted by molar-refractivity contribution is 5.81. The minimum atomic E-state index is -0.126. The Hall–Kier alpha value is -3.00. The molecule has 6 rings (SSSR count). The molecule has 0 bridgehead atoms. The van der Waals surface area contributed by atoms with E-state index in [1.54, 1.807) is 0 Å². The van der Waals surface area contributed by atoms with Gasteiger partial charge >= 0.3 is 5.97 Å². The number of ether oxygens (including phenoxy) is 1. The number of nitrogens with zero attached hydrogens (tertiary/aromatic N) is 6. The molecule has 3 aliphatic rings. The van der Waals surface area contributed by atoms with Crippen LogP contribution in [-0.2, 0) is 9.53 Å². The molecule has 1 saturated heterocycles. The van der Waals surface area contributed by atoms with Crippen molar-refractivity contribution in [3.05, 3.63) is 36.8 Å². The molecule has 0 N–H and O–H groups in total. The lowest BCUT2D eigenvalue weighted by Crippen LogP contribution is -2.52. The standard InChI is InChI=1S/C25H30N6O2/c1-33-25(32)17-11-21(12-17)31-16-18(14-27-31)24-15-26-22-6-5-20(13-23(22)28-24)30-9-7-29(8-10-30)19-3-2-4-19/h5-6,13-17,19,21H,2-4,7-12H2,1H3. The van der Waals surface area contributed by atoms with Gasteiger partial charge in [0.2, 0.25) is 0 Å². The van der Waals surface area contributed by atoms with Crippen LogP contribution in [0.1, 0.15) is 38.1 Å². The van der Waals surface area contributed by atoms with Crippen molar-refractivity contribution in [2.24, 2.45) is 5.92 Å². The first kappa shape index (κ1) is 20.6. The van der Waals surface area contributed by atoms with E-state index < -0.39 is 0 Å². The number of hydrogen-bond acceptors (Lipinski definition) is 7. The van der Waals surface area contributed by atoms with Crippen molar-refractivity contribution >= 4 is 22.7 Å². The normalized spacial score (nSPS) is 23.8. The summed E-state index contributed by atoms with van der Waals surface area (Å²) in [6.07, 6.45) is 11.4. The van der Waals surface area contributed by atoms with Crippen LogP contribution in [0.25, 0.3) is 22.3 Å². The zero-order valence-electron chi connectivity index (χ0n) is 19.1. The van der Waals surface area contributed by atoms with Gasteiger partial charge < -0.3 is 9.64 Å². The summed E-state index contributed by atoms with van der Waals surface area (Å²) in [5, 5.41) is 4.52. The van der Waals surface area contributed by atoms with Gasteiger partial charge in [0.1, 0.15) is 0 Å². The summed E-state index contributed by atoms with van der Waals surface area (Å²) in [5.74, 6) is -0.138. The van der Waals surface area contributed by atoms with Gasteiger partial charge in [0, 0.05) is 49.7 Å². The van der Waals surface area contributed by atoms with E-state index in [0.717, 1.165) is 67.4 Å². The van der Waals surface area contributed by atoms with Crippen LogP contribution in [-0.4, -0.2) is 69.9 Å². The molecule has 172 valence electrons. The Labute approximate surface area is 193 Å². The molecule has 1 aliphatic heterocycles. The van der Waals surface area contributed by atoms with Gasteiger partial charge in [0.05, 0.1) is 48.2 Å². The molecule has 33 heavy (non-hydrogen) atoms. The largest absolute Gasteiger partial charge is 0.469 e. The van der Waals surface area contributed by atoms with Gasteiger partial charge in [-0.15, -0.1) is 0 Å². The first-order valence-corrected chi connectivity index (χ1v) is 12.1. The van der Waals surface area contributed by atoms with E-state index in [-0.39, 0.29) is 17.9 Å². The van der Waals surface area contributed by atoms with Crippen molar-refractivity contribution in [2.75, 3.05) is 38.2 Å². The molecule has 2 aliphatic carbocycles. The number of fused-ring (bicyclic) bond motifs is 1. The van der Waals surface area contributed by atoms with Gasteiger partial charge in [-0.25, -0.2) is 4.98 Å². The van der Waals surface area contributed by atoms with E-state index in [4.69, 9.17) is 9.72 Å². The Bertz CT molecular complexity index is 1160. The predicted octanol–water partition coefficient (Wildman–Crippen LogP) is 3.29. The number of benzene rings is 1. The maximum absolute atomic E-state index is 11.7. The molecule has 8 nitrogen and oxygen atoms in total. The molecule has 8 heteroatoms. The van der Waals surface area contributed by atoms with Gasteiger partial charge in [-0.1, -0.05) is 6.42 Å². The van der Waals surface area contributed by atoms with Gasteiger partial charge in [-0.2, -0.15) is 5.10 Å².